The maximum Gasteiger partial charge on any atom is 0.279 e. The lowest BCUT2D eigenvalue weighted by atomic mass is 10.0. The summed E-state index contributed by atoms with van der Waals surface area (Å²) in [4.78, 5) is 16.1. The molecule has 0 unspecified atom stereocenters. The van der Waals surface area contributed by atoms with Gasteiger partial charge >= 0.3 is 0 Å². The molecular formula is C22H30N3O2+. The molecule has 0 aromatic heterocycles. The first-order valence-electron chi connectivity index (χ1n) is 9.67. The van der Waals surface area contributed by atoms with E-state index in [0.717, 1.165) is 37.6 Å². The van der Waals surface area contributed by atoms with Crippen LogP contribution in [0.25, 0.3) is 0 Å². The predicted octanol–water partition coefficient (Wildman–Crippen LogP) is 2.16. The number of methoxy groups -OCH3 is 1. The van der Waals surface area contributed by atoms with Crippen LogP contribution in [0.1, 0.15) is 25.3 Å². The summed E-state index contributed by atoms with van der Waals surface area (Å²) in [5.74, 6) is 1.46. The summed E-state index contributed by atoms with van der Waals surface area (Å²) in [6, 6.07) is 16.3. The van der Waals surface area contributed by atoms with Gasteiger partial charge in [-0.25, -0.2) is 0 Å². The molecule has 0 saturated carbocycles. The number of anilines is 2. The second kappa shape index (κ2) is 8.91. The summed E-state index contributed by atoms with van der Waals surface area (Å²) >= 11 is 0. The van der Waals surface area contributed by atoms with Crippen molar-refractivity contribution in [1.82, 2.24) is 0 Å². The zero-order valence-electron chi connectivity index (χ0n) is 16.5. The monoisotopic (exact) mass is 368 g/mol. The van der Waals surface area contributed by atoms with Crippen LogP contribution in [0, 0.1) is 0 Å². The number of hydrogen-bond donors (Lipinski definition) is 2. The Kier molecular flexibility index (Phi) is 6.35. The molecule has 2 aromatic rings. The molecule has 0 aliphatic carbocycles. The number of hydrogen-bond acceptors (Lipinski definition) is 3. The van der Waals surface area contributed by atoms with Gasteiger partial charge in [-0.3, -0.25) is 4.79 Å². The molecule has 27 heavy (non-hydrogen) atoms. The van der Waals surface area contributed by atoms with E-state index in [0.29, 0.717) is 12.5 Å². The minimum Gasteiger partial charge on any atom is -0.497 e. The van der Waals surface area contributed by atoms with Crippen LogP contribution in [0.3, 0.4) is 0 Å². The fraction of sp³-hybridized carbons (Fsp3) is 0.409. The standard InChI is InChI=1S/C22H29N3O2/c1-17(2)18-4-6-19(7-5-18)23-22(26)16-24-12-14-25(15-13-24)20-8-10-21(27-3)11-9-20/h4-11,17H,12-16H2,1-3H3,(H,23,26)/p+1. The molecule has 1 fully saturated rings. The normalized spacial score (nSPS) is 15.0. The molecule has 1 aliphatic rings. The number of piperazine rings is 1. The van der Waals surface area contributed by atoms with Crippen LogP contribution >= 0.6 is 0 Å². The lowest BCUT2D eigenvalue weighted by Gasteiger charge is -2.33. The number of nitrogens with one attached hydrogen (secondary N) is 2. The summed E-state index contributed by atoms with van der Waals surface area (Å²) in [5, 5.41) is 3.02. The molecule has 2 N–H and O–H groups in total. The number of carbonyl (C=O) groups excluding carboxylic acids is 1. The predicted molar refractivity (Wildman–Crippen MR) is 110 cm³/mol. The van der Waals surface area contributed by atoms with E-state index in [9.17, 15) is 4.79 Å². The highest BCUT2D eigenvalue weighted by Crippen LogP contribution is 2.19. The van der Waals surface area contributed by atoms with Crippen molar-refractivity contribution >= 4 is 17.3 Å². The van der Waals surface area contributed by atoms with Gasteiger partial charge in [0.05, 0.1) is 33.3 Å². The average molecular weight is 369 g/mol. The van der Waals surface area contributed by atoms with Gasteiger partial charge in [-0.05, 0) is 47.9 Å². The number of amides is 1. The van der Waals surface area contributed by atoms with Gasteiger partial charge in [-0.2, -0.15) is 0 Å². The van der Waals surface area contributed by atoms with E-state index >= 15 is 0 Å². The smallest absolute Gasteiger partial charge is 0.279 e. The third-order valence-corrected chi connectivity index (χ3v) is 5.18. The Morgan fingerprint density at radius 2 is 1.70 bits per heavy atom. The molecule has 1 aliphatic heterocycles. The van der Waals surface area contributed by atoms with E-state index in [4.69, 9.17) is 4.74 Å². The molecule has 3 rings (SSSR count). The maximum atomic E-state index is 12.4. The van der Waals surface area contributed by atoms with Crippen molar-refractivity contribution in [2.24, 2.45) is 0 Å². The van der Waals surface area contributed by atoms with Gasteiger partial charge in [-0.1, -0.05) is 26.0 Å². The topological polar surface area (TPSA) is 46.0 Å². The number of nitrogens with zero attached hydrogens (tertiary/aromatic N) is 1. The second-order valence-electron chi connectivity index (χ2n) is 7.44. The fourth-order valence-electron chi connectivity index (χ4n) is 3.43. The van der Waals surface area contributed by atoms with Gasteiger partial charge in [0.15, 0.2) is 6.54 Å². The number of ether oxygens (including phenoxy) is 1. The van der Waals surface area contributed by atoms with E-state index in [1.165, 1.54) is 16.2 Å². The van der Waals surface area contributed by atoms with E-state index in [1.54, 1.807) is 7.11 Å². The van der Waals surface area contributed by atoms with Crippen LogP contribution in [0.15, 0.2) is 48.5 Å². The first-order chi connectivity index (χ1) is 13.0. The first kappa shape index (κ1) is 19.2. The number of benzene rings is 2. The molecule has 1 saturated heterocycles. The van der Waals surface area contributed by atoms with Crippen molar-refractivity contribution in [3.63, 3.8) is 0 Å². The molecule has 1 amide bonds. The largest absolute Gasteiger partial charge is 0.497 e. The second-order valence-corrected chi connectivity index (χ2v) is 7.44. The highest BCUT2D eigenvalue weighted by molar-refractivity contribution is 5.91. The highest BCUT2D eigenvalue weighted by atomic mass is 16.5. The number of quaternary nitrogens is 1. The van der Waals surface area contributed by atoms with Crippen molar-refractivity contribution in [2.45, 2.75) is 19.8 Å². The average Bonchev–Trinajstić information content (AvgIpc) is 2.69. The van der Waals surface area contributed by atoms with Crippen LogP contribution in [-0.2, 0) is 4.79 Å². The van der Waals surface area contributed by atoms with E-state index < -0.39 is 0 Å². The molecule has 0 bridgehead atoms. The van der Waals surface area contributed by atoms with Crippen molar-refractivity contribution in [3.8, 4) is 5.75 Å². The van der Waals surface area contributed by atoms with Crippen LogP contribution in [0.2, 0.25) is 0 Å². The number of carbonyl (C=O) groups is 1. The molecular weight excluding hydrogens is 338 g/mol. The lowest BCUT2D eigenvalue weighted by molar-refractivity contribution is -0.892. The third-order valence-electron chi connectivity index (χ3n) is 5.18. The van der Waals surface area contributed by atoms with Crippen molar-refractivity contribution in [3.05, 3.63) is 54.1 Å². The van der Waals surface area contributed by atoms with E-state index in [-0.39, 0.29) is 5.91 Å². The summed E-state index contributed by atoms with van der Waals surface area (Å²) < 4.78 is 5.22. The van der Waals surface area contributed by atoms with Crippen LogP contribution in [0.4, 0.5) is 11.4 Å². The third kappa shape index (κ3) is 5.23. The Morgan fingerprint density at radius 1 is 1.07 bits per heavy atom. The molecule has 5 heteroatoms. The SMILES string of the molecule is COc1ccc(N2CC[NH+](CC(=O)Nc3ccc(C(C)C)cc3)CC2)cc1. The van der Waals surface area contributed by atoms with E-state index in [2.05, 4.69) is 48.3 Å². The van der Waals surface area contributed by atoms with Gasteiger partial charge < -0.3 is 19.9 Å². The van der Waals surface area contributed by atoms with Gasteiger partial charge in [0, 0.05) is 11.4 Å². The van der Waals surface area contributed by atoms with Crippen LogP contribution in [0.5, 0.6) is 5.75 Å². The van der Waals surface area contributed by atoms with Crippen LogP contribution in [-0.4, -0.2) is 45.7 Å². The summed E-state index contributed by atoms with van der Waals surface area (Å²) in [7, 11) is 1.68. The van der Waals surface area contributed by atoms with Crippen LogP contribution < -0.4 is 19.9 Å². The molecule has 2 aromatic carbocycles. The first-order valence-corrected chi connectivity index (χ1v) is 9.67. The van der Waals surface area contributed by atoms with E-state index in [1.807, 2.05) is 24.3 Å². The molecule has 0 spiro atoms. The fourth-order valence-corrected chi connectivity index (χ4v) is 3.43. The Morgan fingerprint density at radius 3 is 2.26 bits per heavy atom. The Bertz CT molecular complexity index is 733. The molecule has 144 valence electrons. The van der Waals surface area contributed by atoms with Crippen molar-refractivity contribution in [2.75, 3.05) is 50.1 Å². The highest BCUT2D eigenvalue weighted by Gasteiger charge is 2.22. The Hall–Kier alpha value is -2.53. The molecule has 0 atom stereocenters. The lowest BCUT2D eigenvalue weighted by Crippen LogP contribution is -3.15. The van der Waals surface area contributed by atoms with Gasteiger partial charge in [0.2, 0.25) is 0 Å². The zero-order valence-corrected chi connectivity index (χ0v) is 16.5. The molecule has 5 nitrogen and oxygen atoms in total. The summed E-state index contributed by atoms with van der Waals surface area (Å²) in [6.07, 6.45) is 0. The Labute approximate surface area is 161 Å². The quantitative estimate of drug-likeness (QED) is 0.821. The zero-order chi connectivity index (χ0) is 19.2. The Balaban J connectivity index is 1.46. The minimum atomic E-state index is 0.0835. The van der Waals surface area contributed by atoms with Gasteiger partial charge in [-0.15, -0.1) is 0 Å². The van der Waals surface area contributed by atoms with Gasteiger partial charge in [0.1, 0.15) is 5.75 Å². The number of rotatable bonds is 6. The maximum absolute atomic E-state index is 12.4. The van der Waals surface area contributed by atoms with Crippen molar-refractivity contribution in [1.29, 1.82) is 0 Å². The van der Waals surface area contributed by atoms with Gasteiger partial charge in [0.25, 0.3) is 5.91 Å². The summed E-state index contributed by atoms with van der Waals surface area (Å²) in [6.45, 7) is 8.70. The minimum absolute atomic E-state index is 0.0835. The molecule has 0 radical (unpaired) electrons. The van der Waals surface area contributed by atoms with Crippen molar-refractivity contribution < 1.29 is 14.4 Å². The summed E-state index contributed by atoms with van der Waals surface area (Å²) in [5.41, 5.74) is 3.37. The molecule has 1 heterocycles.